The van der Waals surface area contributed by atoms with Gasteiger partial charge in [-0.3, -0.25) is 4.72 Å². The molecule has 0 unspecified atom stereocenters. The molecule has 124 valence electrons. The zero-order valence-electron chi connectivity index (χ0n) is 13.7. The Bertz CT molecular complexity index is 972. The molecule has 5 nitrogen and oxygen atoms in total. The van der Waals surface area contributed by atoms with Crippen LogP contribution in [0.1, 0.15) is 17.0 Å². The fourth-order valence-corrected chi connectivity index (χ4v) is 4.01. The number of anilines is 1. The van der Waals surface area contributed by atoms with E-state index in [-0.39, 0.29) is 4.90 Å². The monoisotopic (exact) mass is 342 g/mol. The van der Waals surface area contributed by atoms with Crippen LogP contribution in [0, 0.1) is 20.8 Å². The zero-order valence-corrected chi connectivity index (χ0v) is 14.5. The van der Waals surface area contributed by atoms with Gasteiger partial charge >= 0.3 is 0 Å². The third kappa shape index (κ3) is 2.92. The van der Waals surface area contributed by atoms with E-state index < -0.39 is 10.0 Å². The molecular weight excluding hydrogens is 324 g/mol. The number of sulfonamides is 1. The van der Waals surface area contributed by atoms with Crippen LogP contribution in [0.25, 0.3) is 11.1 Å². The highest BCUT2D eigenvalue weighted by Crippen LogP contribution is 2.33. The Labute approximate surface area is 141 Å². The van der Waals surface area contributed by atoms with Gasteiger partial charge < -0.3 is 4.52 Å². The highest BCUT2D eigenvalue weighted by atomic mass is 32.2. The molecule has 3 aromatic rings. The summed E-state index contributed by atoms with van der Waals surface area (Å²) >= 11 is 0. The van der Waals surface area contributed by atoms with Gasteiger partial charge in [-0.05, 0) is 38.5 Å². The number of hydrogen-bond acceptors (Lipinski definition) is 4. The van der Waals surface area contributed by atoms with Crippen LogP contribution in [-0.2, 0) is 10.0 Å². The molecule has 0 amide bonds. The number of nitrogens with one attached hydrogen (secondary N) is 1. The van der Waals surface area contributed by atoms with Crippen LogP contribution in [0.15, 0.2) is 57.9 Å². The molecule has 0 saturated carbocycles. The molecular formula is C18H18N2O3S. The Morgan fingerprint density at radius 2 is 1.62 bits per heavy atom. The van der Waals surface area contributed by atoms with E-state index in [1.807, 2.05) is 19.1 Å². The third-order valence-electron chi connectivity index (χ3n) is 3.87. The summed E-state index contributed by atoms with van der Waals surface area (Å²) < 4.78 is 33.7. The minimum atomic E-state index is -3.75. The van der Waals surface area contributed by atoms with Crippen molar-refractivity contribution < 1.29 is 12.9 Å². The SMILES string of the molecule is Cc1ccccc1NS(=O)(=O)c1ccccc1-c1c(C)noc1C. The van der Waals surface area contributed by atoms with Crippen molar-refractivity contribution in [3.63, 3.8) is 0 Å². The summed E-state index contributed by atoms with van der Waals surface area (Å²) in [5, 5.41) is 3.92. The molecule has 0 saturated heterocycles. The van der Waals surface area contributed by atoms with Gasteiger partial charge in [0.2, 0.25) is 0 Å². The summed E-state index contributed by atoms with van der Waals surface area (Å²) in [5.74, 6) is 0.589. The molecule has 0 spiro atoms. The molecule has 1 heterocycles. The lowest BCUT2D eigenvalue weighted by molar-refractivity contribution is 0.393. The molecule has 24 heavy (non-hydrogen) atoms. The third-order valence-corrected chi connectivity index (χ3v) is 5.29. The normalized spacial score (nSPS) is 11.5. The van der Waals surface area contributed by atoms with Gasteiger partial charge in [0.1, 0.15) is 5.76 Å². The summed E-state index contributed by atoms with van der Waals surface area (Å²) in [5.41, 5.74) is 3.36. The first-order chi connectivity index (χ1) is 11.4. The standard InChI is InChI=1S/C18H18N2O3S/c1-12-8-4-6-10-16(12)20-24(21,22)17-11-7-5-9-15(17)18-13(2)19-23-14(18)3/h4-11,20H,1-3H3. The number of aryl methyl sites for hydroxylation is 3. The summed E-state index contributed by atoms with van der Waals surface area (Å²) in [6.45, 7) is 5.43. The largest absolute Gasteiger partial charge is 0.361 e. The van der Waals surface area contributed by atoms with Crippen molar-refractivity contribution in [2.75, 3.05) is 4.72 Å². The molecule has 0 fully saturated rings. The van der Waals surface area contributed by atoms with E-state index in [2.05, 4.69) is 9.88 Å². The first kappa shape index (κ1) is 16.3. The van der Waals surface area contributed by atoms with E-state index in [0.717, 1.165) is 5.56 Å². The molecule has 0 radical (unpaired) electrons. The first-order valence-electron chi connectivity index (χ1n) is 7.51. The fraction of sp³-hybridized carbons (Fsp3) is 0.167. The van der Waals surface area contributed by atoms with Crippen molar-refractivity contribution >= 4 is 15.7 Å². The Kier molecular flexibility index (Phi) is 4.15. The number of aromatic nitrogens is 1. The molecule has 6 heteroatoms. The average Bonchev–Trinajstić information content (AvgIpc) is 2.88. The molecule has 0 bridgehead atoms. The van der Waals surface area contributed by atoms with E-state index in [1.54, 1.807) is 50.2 Å². The quantitative estimate of drug-likeness (QED) is 0.776. The second-order valence-corrected chi connectivity index (χ2v) is 7.27. The van der Waals surface area contributed by atoms with Crippen molar-refractivity contribution in [2.45, 2.75) is 25.7 Å². The highest BCUT2D eigenvalue weighted by Gasteiger charge is 2.23. The Morgan fingerprint density at radius 3 is 2.29 bits per heavy atom. The molecule has 3 rings (SSSR count). The van der Waals surface area contributed by atoms with E-state index in [9.17, 15) is 8.42 Å². The molecule has 0 aliphatic carbocycles. The van der Waals surface area contributed by atoms with Gasteiger partial charge in [0, 0.05) is 11.1 Å². The summed E-state index contributed by atoms with van der Waals surface area (Å²) in [4.78, 5) is 0.197. The maximum Gasteiger partial charge on any atom is 0.262 e. The number of benzene rings is 2. The van der Waals surface area contributed by atoms with Crippen molar-refractivity contribution in [2.24, 2.45) is 0 Å². The molecule has 0 atom stereocenters. The van der Waals surface area contributed by atoms with E-state index in [0.29, 0.717) is 28.3 Å². The zero-order chi connectivity index (χ0) is 17.3. The van der Waals surface area contributed by atoms with Crippen LogP contribution < -0.4 is 4.72 Å². The van der Waals surface area contributed by atoms with E-state index >= 15 is 0 Å². The maximum absolute atomic E-state index is 12.9. The average molecular weight is 342 g/mol. The lowest BCUT2D eigenvalue weighted by atomic mass is 10.0. The lowest BCUT2D eigenvalue weighted by Gasteiger charge is -2.13. The fourth-order valence-electron chi connectivity index (χ4n) is 2.66. The maximum atomic E-state index is 12.9. The number of para-hydroxylation sites is 1. The van der Waals surface area contributed by atoms with Gasteiger partial charge in [0.05, 0.1) is 16.3 Å². The summed E-state index contributed by atoms with van der Waals surface area (Å²) in [6.07, 6.45) is 0. The lowest BCUT2D eigenvalue weighted by Crippen LogP contribution is -2.15. The van der Waals surface area contributed by atoms with E-state index in [1.165, 1.54) is 0 Å². The van der Waals surface area contributed by atoms with Gasteiger partial charge in [0.25, 0.3) is 10.0 Å². The molecule has 1 aromatic heterocycles. The second-order valence-electron chi connectivity index (χ2n) is 5.62. The van der Waals surface area contributed by atoms with E-state index in [4.69, 9.17) is 4.52 Å². The predicted octanol–water partition coefficient (Wildman–Crippen LogP) is 4.07. The van der Waals surface area contributed by atoms with Crippen LogP contribution in [0.2, 0.25) is 0 Å². The van der Waals surface area contributed by atoms with Crippen molar-refractivity contribution in [3.05, 3.63) is 65.5 Å². The topological polar surface area (TPSA) is 72.2 Å². The van der Waals surface area contributed by atoms with Crippen LogP contribution in [-0.4, -0.2) is 13.6 Å². The minimum absolute atomic E-state index is 0.197. The Morgan fingerprint density at radius 1 is 0.958 bits per heavy atom. The van der Waals surface area contributed by atoms with Crippen LogP contribution in [0.5, 0.6) is 0 Å². The van der Waals surface area contributed by atoms with Gasteiger partial charge in [-0.1, -0.05) is 41.6 Å². The molecule has 0 aliphatic rings. The van der Waals surface area contributed by atoms with Crippen LogP contribution >= 0.6 is 0 Å². The minimum Gasteiger partial charge on any atom is -0.361 e. The van der Waals surface area contributed by atoms with Gasteiger partial charge in [-0.15, -0.1) is 0 Å². The van der Waals surface area contributed by atoms with Crippen molar-refractivity contribution in [3.8, 4) is 11.1 Å². The summed E-state index contributed by atoms with van der Waals surface area (Å²) in [7, 11) is -3.75. The molecule has 2 aromatic carbocycles. The van der Waals surface area contributed by atoms with Gasteiger partial charge in [-0.25, -0.2) is 8.42 Å². The number of rotatable bonds is 4. The van der Waals surface area contributed by atoms with Crippen LogP contribution in [0.3, 0.4) is 0 Å². The first-order valence-corrected chi connectivity index (χ1v) is 8.99. The van der Waals surface area contributed by atoms with Gasteiger partial charge in [-0.2, -0.15) is 0 Å². The highest BCUT2D eigenvalue weighted by molar-refractivity contribution is 7.92. The summed E-state index contributed by atoms with van der Waals surface area (Å²) in [6, 6.07) is 14.1. The second kappa shape index (κ2) is 6.13. The van der Waals surface area contributed by atoms with Crippen molar-refractivity contribution in [1.29, 1.82) is 0 Å². The Hall–Kier alpha value is -2.60. The van der Waals surface area contributed by atoms with Crippen LogP contribution in [0.4, 0.5) is 5.69 Å². The molecule has 1 N–H and O–H groups in total. The number of nitrogens with zero attached hydrogens (tertiary/aromatic N) is 1. The smallest absolute Gasteiger partial charge is 0.262 e. The number of hydrogen-bond donors (Lipinski definition) is 1. The predicted molar refractivity (Wildman–Crippen MR) is 93.4 cm³/mol. The molecule has 0 aliphatic heterocycles. The van der Waals surface area contributed by atoms with Gasteiger partial charge in [0.15, 0.2) is 0 Å². The van der Waals surface area contributed by atoms with Crippen molar-refractivity contribution in [1.82, 2.24) is 5.16 Å². The Balaban J connectivity index is 2.12.